The highest BCUT2D eigenvalue weighted by atomic mass is 16.2. The van der Waals surface area contributed by atoms with Crippen LogP contribution in [-0.2, 0) is 4.79 Å². The topological polar surface area (TPSA) is 70.5 Å². The normalized spacial score (nSPS) is 23.0. The van der Waals surface area contributed by atoms with Gasteiger partial charge in [0.1, 0.15) is 0 Å². The molecule has 4 rings (SSSR count). The predicted octanol–water partition coefficient (Wildman–Crippen LogP) is 0.596. The molecule has 3 fully saturated rings. The number of nitrogens with one attached hydrogen (secondary N) is 1. The Hall–Kier alpha value is -2.05. The molecule has 2 saturated heterocycles. The summed E-state index contributed by atoms with van der Waals surface area (Å²) >= 11 is 0. The lowest BCUT2D eigenvalue weighted by molar-refractivity contribution is -0.144. The second-order valence-electron chi connectivity index (χ2n) is 6.09. The van der Waals surface area contributed by atoms with E-state index in [4.69, 9.17) is 0 Å². The fourth-order valence-electron chi connectivity index (χ4n) is 3.10. The number of hydrogen-bond acceptors (Lipinski definition) is 3. The molecule has 1 aliphatic carbocycles. The third-order valence-electron chi connectivity index (χ3n) is 4.76. The zero-order valence-electron chi connectivity index (χ0n) is 11.9. The van der Waals surface area contributed by atoms with Crippen LogP contribution in [0, 0.1) is 5.92 Å². The van der Waals surface area contributed by atoms with Crippen LogP contribution < -0.4 is 10.2 Å². The van der Waals surface area contributed by atoms with Crippen LogP contribution in [0.1, 0.15) is 25.3 Å². The lowest BCUT2D eigenvalue weighted by Gasteiger charge is -2.42. The summed E-state index contributed by atoms with van der Waals surface area (Å²) in [4.78, 5) is 27.3. The number of likely N-dealkylation sites (tertiary alicyclic amines) is 1. The summed E-state index contributed by atoms with van der Waals surface area (Å²) in [6.45, 7) is 2.84. The molecule has 1 saturated carbocycles. The van der Waals surface area contributed by atoms with Gasteiger partial charge in [0.25, 0.3) is 0 Å². The Balaban J connectivity index is 1.37. The molecule has 1 aromatic heterocycles. The van der Waals surface area contributed by atoms with Crippen LogP contribution in [0.4, 0.5) is 10.5 Å². The van der Waals surface area contributed by atoms with Gasteiger partial charge in [-0.15, -0.1) is 0 Å². The number of hydrogen-bond donors (Lipinski definition) is 1. The van der Waals surface area contributed by atoms with Crippen LogP contribution >= 0.6 is 0 Å². The average Bonchev–Trinajstić information content (AvgIpc) is 2.93. The van der Waals surface area contributed by atoms with Gasteiger partial charge in [-0.1, -0.05) is 6.42 Å². The minimum atomic E-state index is -0.0649. The second-order valence-corrected chi connectivity index (χ2v) is 6.09. The Morgan fingerprint density at radius 3 is 2.76 bits per heavy atom. The fourth-order valence-corrected chi connectivity index (χ4v) is 3.10. The van der Waals surface area contributed by atoms with Crippen molar-refractivity contribution in [2.24, 2.45) is 5.92 Å². The van der Waals surface area contributed by atoms with Crippen molar-refractivity contribution in [3.63, 3.8) is 0 Å². The summed E-state index contributed by atoms with van der Waals surface area (Å²) in [6, 6.07) is 0.179. The van der Waals surface area contributed by atoms with Crippen molar-refractivity contribution in [3.05, 3.63) is 12.4 Å². The van der Waals surface area contributed by atoms with E-state index in [9.17, 15) is 9.59 Å². The third kappa shape index (κ3) is 2.07. The first-order chi connectivity index (χ1) is 10.2. The van der Waals surface area contributed by atoms with Gasteiger partial charge in [0.2, 0.25) is 5.91 Å². The Kier molecular flexibility index (Phi) is 2.87. The number of carbonyl (C=O) groups excluding carboxylic acids is 2. The van der Waals surface area contributed by atoms with Crippen LogP contribution in [0.15, 0.2) is 12.4 Å². The number of amides is 3. The van der Waals surface area contributed by atoms with E-state index in [1.165, 1.54) is 6.42 Å². The van der Waals surface area contributed by atoms with Crippen molar-refractivity contribution in [3.8, 4) is 0 Å². The molecule has 0 radical (unpaired) electrons. The smallest absolute Gasteiger partial charge is 0.322 e. The minimum Gasteiger partial charge on any atom is -0.338 e. The van der Waals surface area contributed by atoms with E-state index < -0.39 is 0 Å². The van der Waals surface area contributed by atoms with Gasteiger partial charge in [-0.2, -0.15) is 5.10 Å². The molecule has 3 aliphatic rings. The highest BCUT2D eigenvalue weighted by Crippen LogP contribution is 2.32. The van der Waals surface area contributed by atoms with E-state index in [0.717, 1.165) is 31.6 Å². The number of nitrogens with zero attached hydrogens (tertiary/aromatic N) is 4. The van der Waals surface area contributed by atoms with E-state index in [1.807, 2.05) is 15.8 Å². The van der Waals surface area contributed by atoms with Crippen molar-refractivity contribution in [1.29, 1.82) is 0 Å². The van der Waals surface area contributed by atoms with Crippen molar-refractivity contribution in [2.45, 2.75) is 25.3 Å². The van der Waals surface area contributed by atoms with E-state index in [1.54, 1.807) is 11.1 Å². The summed E-state index contributed by atoms with van der Waals surface area (Å²) < 4.78 is 1.88. The van der Waals surface area contributed by atoms with Gasteiger partial charge in [-0.3, -0.25) is 14.4 Å². The quantitative estimate of drug-likeness (QED) is 0.885. The molecule has 2 aliphatic heterocycles. The summed E-state index contributed by atoms with van der Waals surface area (Å²) in [5.41, 5.74) is 0.828. The number of carbonyl (C=O) groups is 2. The molecule has 112 valence electrons. The van der Waals surface area contributed by atoms with Gasteiger partial charge in [0.05, 0.1) is 17.9 Å². The molecule has 0 atom stereocenters. The fraction of sp³-hybridized carbons (Fsp3) is 0.643. The van der Waals surface area contributed by atoms with Crippen LogP contribution in [0.25, 0.3) is 0 Å². The molecule has 0 unspecified atom stereocenters. The summed E-state index contributed by atoms with van der Waals surface area (Å²) in [5, 5.41) is 7.13. The number of aromatic nitrogens is 2. The lowest BCUT2D eigenvalue weighted by Crippen LogP contribution is -2.53. The summed E-state index contributed by atoms with van der Waals surface area (Å²) in [7, 11) is 0. The molecule has 7 nitrogen and oxygen atoms in total. The highest BCUT2D eigenvalue weighted by Gasteiger charge is 2.38. The minimum absolute atomic E-state index is 0.0649. The molecule has 21 heavy (non-hydrogen) atoms. The van der Waals surface area contributed by atoms with Gasteiger partial charge >= 0.3 is 6.03 Å². The van der Waals surface area contributed by atoms with Crippen LogP contribution in [0.5, 0.6) is 0 Å². The summed E-state index contributed by atoms with van der Waals surface area (Å²) in [6.07, 6.45) is 6.92. The lowest BCUT2D eigenvalue weighted by atomic mass is 9.83. The SMILES string of the molecule is O=C(C1CCC1)N1CC(n2cc(N3CCNC3=O)cn2)C1. The van der Waals surface area contributed by atoms with Gasteiger partial charge in [0, 0.05) is 38.3 Å². The number of anilines is 1. The molecule has 0 aromatic carbocycles. The maximum Gasteiger partial charge on any atom is 0.322 e. The summed E-state index contributed by atoms with van der Waals surface area (Å²) in [5.74, 6) is 0.580. The zero-order valence-corrected chi connectivity index (χ0v) is 11.9. The van der Waals surface area contributed by atoms with E-state index in [-0.39, 0.29) is 18.0 Å². The molecule has 1 N–H and O–H groups in total. The molecular weight excluding hydrogens is 270 g/mol. The maximum absolute atomic E-state index is 12.1. The van der Waals surface area contributed by atoms with Gasteiger partial charge in [0.15, 0.2) is 0 Å². The highest BCUT2D eigenvalue weighted by molar-refractivity contribution is 5.93. The molecule has 0 bridgehead atoms. The van der Waals surface area contributed by atoms with Gasteiger partial charge in [-0.25, -0.2) is 4.79 Å². The van der Waals surface area contributed by atoms with E-state index in [0.29, 0.717) is 19.0 Å². The Morgan fingerprint density at radius 1 is 1.33 bits per heavy atom. The average molecular weight is 289 g/mol. The molecule has 7 heteroatoms. The Bertz CT molecular complexity index is 574. The molecule has 1 aromatic rings. The molecular formula is C14H19N5O2. The first-order valence-electron chi connectivity index (χ1n) is 7.60. The standard InChI is InChI=1S/C14H19N5O2/c20-13(10-2-1-3-10)17-7-12(8-17)19-9-11(6-16-19)18-5-4-15-14(18)21/h6,9-10,12H,1-5,7-8H2,(H,15,21). The van der Waals surface area contributed by atoms with E-state index in [2.05, 4.69) is 10.4 Å². The monoisotopic (exact) mass is 289 g/mol. The molecule has 3 heterocycles. The first kappa shape index (κ1) is 12.7. The van der Waals surface area contributed by atoms with Crippen molar-refractivity contribution < 1.29 is 9.59 Å². The van der Waals surface area contributed by atoms with Gasteiger partial charge in [-0.05, 0) is 12.8 Å². The second kappa shape index (κ2) is 4.75. The van der Waals surface area contributed by atoms with Crippen molar-refractivity contribution >= 4 is 17.6 Å². The predicted molar refractivity (Wildman–Crippen MR) is 75.9 cm³/mol. The molecule has 0 spiro atoms. The maximum atomic E-state index is 12.1. The van der Waals surface area contributed by atoms with Crippen LogP contribution in [-0.4, -0.2) is 52.8 Å². The number of urea groups is 1. The number of rotatable bonds is 3. The Labute approximate surface area is 122 Å². The van der Waals surface area contributed by atoms with Crippen LogP contribution in [0.3, 0.4) is 0 Å². The van der Waals surface area contributed by atoms with E-state index >= 15 is 0 Å². The first-order valence-corrected chi connectivity index (χ1v) is 7.60. The van der Waals surface area contributed by atoms with Crippen molar-refractivity contribution in [2.75, 3.05) is 31.1 Å². The Morgan fingerprint density at radius 2 is 2.14 bits per heavy atom. The van der Waals surface area contributed by atoms with Gasteiger partial charge < -0.3 is 10.2 Å². The zero-order chi connectivity index (χ0) is 14.4. The third-order valence-corrected chi connectivity index (χ3v) is 4.76. The van der Waals surface area contributed by atoms with Crippen molar-refractivity contribution in [1.82, 2.24) is 20.0 Å². The largest absolute Gasteiger partial charge is 0.338 e. The van der Waals surface area contributed by atoms with Crippen LogP contribution in [0.2, 0.25) is 0 Å². The molecule has 3 amide bonds.